The summed E-state index contributed by atoms with van der Waals surface area (Å²) in [5.74, 6) is 5.83. The average Bonchev–Trinajstić information content (AvgIpc) is 3.42. The molecule has 0 bridgehead atoms. The number of esters is 1. The smallest absolute Gasteiger partial charge is 0.312 e. The second-order valence-electron chi connectivity index (χ2n) is 11.9. The maximum absolute atomic E-state index is 13.3. The molecule has 0 aliphatic heterocycles. The van der Waals surface area contributed by atoms with Crippen molar-refractivity contribution in [3.8, 4) is 0 Å². The molecule has 0 saturated heterocycles. The monoisotopic (exact) mass is 368 g/mol. The van der Waals surface area contributed by atoms with Crippen molar-refractivity contribution in [2.75, 3.05) is 7.11 Å². The highest BCUT2D eigenvalue weighted by Crippen LogP contribution is 2.89. The van der Waals surface area contributed by atoms with E-state index in [9.17, 15) is 9.90 Å². The highest BCUT2D eigenvalue weighted by atomic mass is 16.5. The van der Waals surface area contributed by atoms with E-state index in [-0.39, 0.29) is 28.3 Å². The highest BCUT2D eigenvalue weighted by Gasteiger charge is 2.88. The third-order valence-corrected chi connectivity index (χ3v) is 12.0. The van der Waals surface area contributed by atoms with Gasteiger partial charge in [0.15, 0.2) is 0 Å². The molecule has 6 fully saturated rings. The van der Waals surface area contributed by atoms with E-state index >= 15 is 0 Å². The molecular weight excluding hydrogens is 336 g/mol. The summed E-state index contributed by atoms with van der Waals surface area (Å²) in [5.41, 5.74) is -0.210. The van der Waals surface area contributed by atoms with Crippen LogP contribution in [0.1, 0.15) is 40.0 Å². The van der Waals surface area contributed by atoms with Crippen LogP contribution in [0, 0.1) is 75.4 Å². The van der Waals surface area contributed by atoms with Crippen molar-refractivity contribution in [2.24, 2.45) is 75.4 Å². The molecule has 27 heavy (non-hydrogen) atoms. The minimum Gasteiger partial charge on any atom is -0.469 e. The summed E-state index contributed by atoms with van der Waals surface area (Å²) in [6, 6.07) is 0. The van der Waals surface area contributed by atoms with Crippen molar-refractivity contribution in [3.05, 3.63) is 12.2 Å². The van der Waals surface area contributed by atoms with Crippen LogP contribution in [0.25, 0.3) is 0 Å². The summed E-state index contributed by atoms with van der Waals surface area (Å²) >= 11 is 0. The highest BCUT2D eigenvalue weighted by molar-refractivity contribution is 5.78. The SMILES string of the molecule is COC(=O)[C@@]1(C)[C@@H]2[C@@H]3CC[C@]4(C)[C@H]3[C@@H]3[C@H]2[C@@H]2[C@@H]1[C@H]1CC=C[C@@H]1[C@@H]2[C@]3(C)[C@H]4O. The third kappa shape index (κ3) is 1.22. The number of aliphatic hydroxyl groups excluding tert-OH is 1. The zero-order chi connectivity index (χ0) is 18.7. The molecule has 7 aliphatic carbocycles. The molecule has 0 aromatic rings. The van der Waals surface area contributed by atoms with Crippen LogP contribution < -0.4 is 0 Å². The van der Waals surface area contributed by atoms with Crippen LogP contribution in [-0.2, 0) is 9.53 Å². The zero-order valence-corrected chi connectivity index (χ0v) is 16.9. The number of carbonyl (C=O) groups excluding carboxylic acids is 1. The van der Waals surface area contributed by atoms with Gasteiger partial charge in [0.2, 0.25) is 0 Å². The number of hydrogen-bond acceptors (Lipinski definition) is 3. The van der Waals surface area contributed by atoms with Crippen LogP contribution in [-0.4, -0.2) is 24.3 Å². The van der Waals surface area contributed by atoms with E-state index in [4.69, 9.17) is 4.74 Å². The molecule has 7 rings (SSSR count). The Morgan fingerprint density at radius 1 is 1.04 bits per heavy atom. The lowest BCUT2D eigenvalue weighted by Crippen LogP contribution is -2.45. The number of hydrogen-bond donors (Lipinski definition) is 1. The quantitative estimate of drug-likeness (QED) is 0.569. The second-order valence-corrected chi connectivity index (χ2v) is 11.9. The lowest BCUT2D eigenvalue weighted by molar-refractivity contribution is -0.160. The van der Waals surface area contributed by atoms with E-state index in [1.54, 1.807) is 7.11 Å². The molecule has 0 aromatic heterocycles. The van der Waals surface area contributed by atoms with Gasteiger partial charge < -0.3 is 9.84 Å². The number of ether oxygens (including phenoxy) is 1. The lowest BCUT2D eigenvalue weighted by Gasteiger charge is -2.41. The van der Waals surface area contributed by atoms with E-state index in [0.29, 0.717) is 59.2 Å². The predicted molar refractivity (Wildman–Crippen MR) is 100 cm³/mol. The van der Waals surface area contributed by atoms with Gasteiger partial charge in [-0.3, -0.25) is 4.79 Å². The molecular formula is C24H32O3. The molecule has 7 aliphatic rings. The van der Waals surface area contributed by atoms with E-state index < -0.39 is 0 Å². The Morgan fingerprint density at radius 2 is 1.74 bits per heavy atom. The number of carbonyl (C=O) groups is 1. The van der Waals surface area contributed by atoms with Crippen LogP contribution in [0.3, 0.4) is 0 Å². The van der Waals surface area contributed by atoms with Crippen LogP contribution in [0.2, 0.25) is 0 Å². The molecule has 1 N–H and O–H groups in total. The topological polar surface area (TPSA) is 46.5 Å². The molecule has 0 unspecified atom stereocenters. The summed E-state index contributed by atoms with van der Waals surface area (Å²) in [6.07, 6.45) is 8.13. The normalized spacial score (nSPS) is 70.8. The van der Waals surface area contributed by atoms with Gasteiger partial charge in [0.05, 0.1) is 18.6 Å². The van der Waals surface area contributed by atoms with Gasteiger partial charge in [0.25, 0.3) is 0 Å². The van der Waals surface area contributed by atoms with Crippen LogP contribution in [0.5, 0.6) is 0 Å². The predicted octanol–water partition coefficient (Wildman–Crippen LogP) is 3.52. The average molecular weight is 369 g/mol. The number of fused-ring (bicyclic) bond motifs is 5. The van der Waals surface area contributed by atoms with E-state index in [1.165, 1.54) is 6.42 Å². The first-order valence-corrected chi connectivity index (χ1v) is 11.3. The maximum atomic E-state index is 13.3. The summed E-state index contributed by atoms with van der Waals surface area (Å²) in [6.45, 7) is 7.12. The van der Waals surface area contributed by atoms with E-state index in [1.807, 2.05) is 0 Å². The Balaban J connectivity index is 1.52. The fourth-order valence-electron chi connectivity index (χ4n) is 12.0. The van der Waals surface area contributed by atoms with E-state index in [0.717, 1.165) is 12.8 Å². The number of methoxy groups -OCH3 is 1. The summed E-state index contributed by atoms with van der Waals surface area (Å²) in [7, 11) is 1.60. The first kappa shape index (κ1) is 16.0. The minimum absolute atomic E-state index is 0.0476. The Labute approximate surface area is 161 Å². The van der Waals surface area contributed by atoms with Gasteiger partial charge in [-0.1, -0.05) is 26.0 Å². The standard InChI is InChI=1S/C24H32O3/c1-22-9-8-12-17-14-13-15(23(2,20(22)25)19(14)18(12)22)10-6-5-7-11(10)16(13)24(17,3)21(26)27-4/h5-6,10-20,25H,7-9H2,1-4H3/t10-,11-,12-,13-,14-,15-,16-,17+,18+,19-,20-,22+,23-,24+/m0/s1. The lowest BCUT2D eigenvalue weighted by atomic mass is 9.64. The molecule has 146 valence electrons. The molecule has 0 aromatic carbocycles. The molecule has 0 amide bonds. The first-order chi connectivity index (χ1) is 12.8. The molecule has 6 saturated carbocycles. The van der Waals surface area contributed by atoms with Crippen molar-refractivity contribution < 1.29 is 14.6 Å². The number of aliphatic hydroxyl groups is 1. The number of rotatable bonds is 1. The molecule has 0 spiro atoms. The van der Waals surface area contributed by atoms with Crippen LogP contribution in [0.4, 0.5) is 0 Å². The molecule has 3 heteroatoms. The Kier molecular flexibility index (Phi) is 2.49. The Bertz CT molecular complexity index is 803. The minimum atomic E-state index is -0.319. The molecule has 0 heterocycles. The van der Waals surface area contributed by atoms with Crippen molar-refractivity contribution >= 4 is 5.97 Å². The largest absolute Gasteiger partial charge is 0.469 e. The Hall–Kier alpha value is -0.830. The molecule has 14 atom stereocenters. The van der Waals surface area contributed by atoms with Gasteiger partial charge in [-0.05, 0) is 90.8 Å². The summed E-state index contributed by atoms with van der Waals surface area (Å²) in [5, 5.41) is 11.8. The van der Waals surface area contributed by atoms with Gasteiger partial charge in [-0.25, -0.2) is 0 Å². The van der Waals surface area contributed by atoms with Gasteiger partial charge >= 0.3 is 5.97 Å². The second kappa shape index (κ2) is 4.20. The third-order valence-electron chi connectivity index (χ3n) is 12.0. The fourth-order valence-corrected chi connectivity index (χ4v) is 12.0. The van der Waals surface area contributed by atoms with Gasteiger partial charge in [0, 0.05) is 5.41 Å². The van der Waals surface area contributed by atoms with Crippen LogP contribution in [0.15, 0.2) is 12.2 Å². The van der Waals surface area contributed by atoms with Gasteiger partial charge in [-0.2, -0.15) is 0 Å². The van der Waals surface area contributed by atoms with Crippen LogP contribution >= 0.6 is 0 Å². The molecule has 3 nitrogen and oxygen atoms in total. The summed E-state index contributed by atoms with van der Waals surface area (Å²) < 4.78 is 5.50. The zero-order valence-electron chi connectivity index (χ0n) is 16.9. The van der Waals surface area contributed by atoms with Crippen molar-refractivity contribution in [3.63, 3.8) is 0 Å². The van der Waals surface area contributed by atoms with Crippen molar-refractivity contribution in [2.45, 2.75) is 46.1 Å². The number of allylic oxidation sites excluding steroid dienone is 2. The van der Waals surface area contributed by atoms with Gasteiger partial charge in [0.1, 0.15) is 0 Å². The summed E-state index contributed by atoms with van der Waals surface area (Å²) in [4.78, 5) is 13.3. The molecule has 0 radical (unpaired) electrons. The van der Waals surface area contributed by atoms with Gasteiger partial charge in [-0.15, -0.1) is 0 Å². The van der Waals surface area contributed by atoms with Crippen molar-refractivity contribution in [1.82, 2.24) is 0 Å². The van der Waals surface area contributed by atoms with Crippen molar-refractivity contribution in [1.29, 1.82) is 0 Å². The maximum Gasteiger partial charge on any atom is 0.312 e. The fraction of sp³-hybridized carbons (Fsp3) is 0.875. The Morgan fingerprint density at radius 3 is 2.48 bits per heavy atom. The first-order valence-electron chi connectivity index (χ1n) is 11.3. The van der Waals surface area contributed by atoms with E-state index in [2.05, 4.69) is 32.9 Å².